The normalized spacial score (nSPS) is 22.5. The van der Waals surface area contributed by atoms with Crippen LogP contribution in [0.5, 0.6) is 0 Å². The van der Waals surface area contributed by atoms with Crippen LogP contribution in [-0.2, 0) is 9.63 Å². The summed E-state index contributed by atoms with van der Waals surface area (Å²) in [6.07, 6.45) is 3.05. The van der Waals surface area contributed by atoms with Gasteiger partial charge in [0.05, 0.1) is 37.1 Å². The fraction of sp³-hybridized carbons (Fsp3) is 0.526. The Bertz CT molecular complexity index is 823. The molecule has 0 bridgehead atoms. The van der Waals surface area contributed by atoms with Crippen LogP contribution in [0.25, 0.3) is 0 Å². The molecule has 0 radical (unpaired) electrons. The molecular weight excluding hydrogens is 448 g/mol. The van der Waals surface area contributed by atoms with E-state index in [0.29, 0.717) is 23.8 Å². The molecule has 1 aliphatic heterocycles. The van der Waals surface area contributed by atoms with E-state index in [0.717, 1.165) is 12.8 Å². The molecule has 1 aromatic carbocycles. The van der Waals surface area contributed by atoms with Crippen LogP contribution in [-0.4, -0.2) is 22.8 Å². The predicted octanol–water partition coefficient (Wildman–Crippen LogP) is 6.21. The van der Waals surface area contributed by atoms with Crippen molar-refractivity contribution >= 4 is 64.2 Å². The largest absolute Gasteiger partial charge is 0.336 e. The molecule has 2 aliphatic rings. The first-order valence-corrected chi connectivity index (χ1v) is 10.4. The van der Waals surface area contributed by atoms with Gasteiger partial charge in [-0.2, -0.15) is 0 Å². The fourth-order valence-corrected chi connectivity index (χ4v) is 4.79. The number of hydrogen-bond donors (Lipinski definition) is 0. The van der Waals surface area contributed by atoms with Crippen LogP contribution in [0.3, 0.4) is 0 Å². The third kappa shape index (κ3) is 3.62. The lowest BCUT2D eigenvalue weighted by Crippen LogP contribution is -2.37. The van der Waals surface area contributed by atoms with E-state index < -0.39 is 17.8 Å². The van der Waals surface area contributed by atoms with Crippen molar-refractivity contribution in [3.63, 3.8) is 0 Å². The second kappa shape index (κ2) is 7.67. The maximum absolute atomic E-state index is 12.6. The lowest BCUT2D eigenvalue weighted by Gasteiger charge is -2.36. The average molecular weight is 467 g/mol. The number of fused-ring (bicyclic) bond motifs is 1. The third-order valence-electron chi connectivity index (χ3n) is 5.53. The first-order valence-electron chi connectivity index (χ1n) is 8.91. The molecule has 0 aromatic heterocycles. The van der Waals surface area contributed by atoms with Crippen molar-refractivity contribution in [3.05, 3.63) is 31.2 Å². The van der Waals surface area contributed by atoms with Crippen molar-refractivity contribution in [2.75, 3.05) is 0 Å². The molecule has 2 amide bonds. The topological polar surface area (TPSA) is 63.7 Å². The van der Waals surface area contributed by atoms with Crippen molar-refractivity contribution in [3.8, 4) is 0 Å². The zero-order chi connectivity index (χ0) is 21.0. The molecule has 3 rings (SSSR count). The molecule has 1 heterocycles. The van der Waals surface area contributed by atoms with Gasteiger partial charge in [0.25, 0.3) is 11.8 Å². The Balaban J connectivity index is 1.77. The molecule has 9 heteroatoms. The van der Waals surface area contributed by atoms with Crippen LogP contribution in [0.4, 0.5) is 0 Å². The SMILES string of the molecule is CC(C)(C)C1CCC(C(=O)ON2C(=O)c3c(Cl)c(Cl)c(Cl)c(Cl)c3C2=O)CC1. The van der Waals surface area contributed by atoms with E-state index in [1.807, 2.05) is 0 Å². The Morgan fingerprint density at radius 2 is 1.29 bits per heavy atom. The van der Waals surface area contributed by atoms with Gasteiger partial charge in [0, 0.05) is 0 Å². The lowest BCUT2D eigenvalue weighted by molar-refractivity contribution is -0.175. The zero-order valence-electron chi connectivity index (χ0n) is 15.6. The van der Waals surface area contributed by atoms with E-state index in [1.165, 1.54) is 0 Å². The van der Waals surface area contributed by atoms with Gasteiger partial charge in [0.1, 0.15) is 0 Å². The molecule has 1 aliphatic carbocycles. The second-order valence-electron chi connectivity index (χ2n) is 8.24. The lowest BCUT2D eigenvalue weighted by atomic mass is 9.70. The minimum absolute atomic E-state index is 0.137. The quantitative estimate of drug-likeness (QED) is 0.295. The maximum atomic E-state index is 12.6. The predicted molar refractivity (Wildman–Crippen MR) is 108 cm³/mol. The van der Waals surface area contributed by atoms with Crippen LogP contribution in [0.1, 0.15) is 67.2 Å². The molecule has 5 nitrogen and oxygen atoms in total. The molecule has 0 atom stereocenters. The number of hydroxylamine groups is 2. The van der Waals surface area contributed by atoms with E-state index >= 15 is 0 Å². The highest BCUT2D eigenvalue weighted by molar-refractivity contribution is 6.55. The number of nitrogens with zero attached hydrogens (tertiary/aromatic N) is 1. The molecule has 28 heavy (non-hydrogen) atoms. The molecular formula is C19H19Cl4NO4. The summed E-state index contributed by atoms with van der Waals surface area (Å²) in [6, 6.07) is 0. The van der Waals surface area contributed by atoms with E-state index in [1.54, 1.807) is 0 Å². The molecule has 0 N–H and O–H groups in total. The first kappa shape index (κ1) is 21.7. The highest BCUT2D eigenvalue weighted by Crippen LogP contribution is 2.45. The highest BCUT2D eigenvalue weighted by Gasteiger charge is 2.45. The van der Waals surface area contributed by atoms with Crippen LogP contribution < -0.4 is 0 Å². The van der Waals surface area contributed by atoms with Gasteiger partial charge in [-0.1, -0.05) is 72.2 Å². The van der Waals surface area contributed by atoms with Gasteiger partial charge in [-0.25, -0.2) is 4.79 Å². The Morgan fingerprint density at radius 3 is 1.68 bits per heavy atom. The van der Waals surface area contributed by atoms with Gasteiger partial charge in [-0.3, -0.25) is 9.59 Å². The monoisotopic (exact) mass is 465 g/mol. The molecule has 0 saturated heterocycles. The Kier molecular flexibility index (Phi) is 5.95. The van der Waals surface area contributed by atoms with Crippen molar-refractivity contribution < 1.29 is 19.2 Å². The molecule has 1 aromatic rings. The number of hydrogen-bond acceptors (Lipinski definition) is 4. The van der Waals surface area contributed by atoms with Gasteiger partial charge in [-0.05, 0) is 37.0 Å². The number of carbonyl (C=O) groups is 3. The molecule has 0 spiro atoms. The number of benzene rings is 1. The van der Waals surface area contributed by atoms with E-state index in [4.69, 9.17) is 51.2 Å². The standard InChI is InChI=1S/C19H19Cl4NO4/c1-19(2,3)9-6-4-8(5-7-9)18(27)28-24-16(25)10-11(17(24)26)13(21)15(23)14(22)12(10)20/h8-9H,4-7H2,1-3H3. The van der Waals surface area contributed by atoms with Crippen molar-refractivity contribution in [2.24, 2.45) is 17.3 Å². The van der Waals surface area contributed by atoms with E-state index in [9.17, 15) is 14.4 Å². The van der Waals surface area contributed by atoms with Crippen LogP contribution in [0, 0.1) is 17.3 Å². The van der Waals surface area contributed by atoms with Crippen LogP contribution >= 0.6 is 46.4 Å². The first-order chi connectivity index (χ1) is 12.9. The molecule has 0 unspecified atom stereocenters. The summed E-state index contributed by atoms with van der Waals surface area (Å²) < 4.78 is 0. The van der Waals surface area contributed by atoms with Crippen LogP contribution in [0.15, 0.2) is 0 Å². The zero-order valence-corrected chi connectivity index (χ0v) is 18.6. The molecule has 1 fully saturated rings. The van der Waals surface area contributed by atoms with E-state index in [2.05, 4.69) is 20.8 Å². The summed E-state index contributed by atoms with van der Waals surface area (Å²) >= 11 is 24.1. The second-order valence-corrected chi connectivity index (χ2v) is 9.75. The summed E-state index contributed by atoms with van der Waals surface area (Å²) in [5.41, 5.74) is -0.255. The van der Waals surface area contributed by atoms with Gasteiger partial charge in [0.2, 0.25) is 0 Å². The van der Waals surface area contributed by atoms with Crippen molar-refractivity contribution in [2.45, 2.75) is 46.5 Å². The summed E-state index contributed by atoms with van der Waals surface area (Å²) in [5, 5.41) is -0.279. The Morgan fingerprint density at radius 1 is 0.857 bits per heavy atom. The third-order valence-corrected chi connectivity index (χ3v) is 7.33. The number of rotatable bonds is 2. The van der Waals surface area contributed by atoms with E-state index in [-0.39, 0.29) is 42.6 Å². The fourth-order valence-electron chi connectivity index (χ4n) is 3.77. The van der Waals surface area contributed by atoms with Gasteiger partial charge >= 0.3 is 5.97 Å². The minimum atomic E-state index is -0.887. The Hall–Kier alpha value is -1.01. The highest BCUT2D eigenvalue weighted by atomic mass is 35.5. The van der Waals surface area contributed by atoms with Crippen LogP contribution in [0.2, 0.25) is 20.1 Å². The van der Waals surface area contributed by atoms with Gasteiger partial charge in [-0.15, -0.1) is 0 Å². The molecule has 1 saturated carbocycles. The average Bonchev–Trinajstić information content (AvgIpc) is 2.88. The summed E-state index contributed by atoms with van der Waals surface area (Å²) in [5.74, 6) is -2.26. The summed E-state index contributed by atoms with van der Waals surface area (Å²) in [7, 11) is 0. The summed E-state index contributed by atoms with van der Waals surface area (Å²) in [4.78, 5) is 43.0. The van der Waals surface area contributed by atoms with Gasteiger partial charge in [0.15, 0.2) is 0 Å². The minimum Gasteiger partial charge on any atom is -0.329 e. The van der Waals surface area contributed by atoms with Crippen molar-refractivity contribution in [1.82, 2.24) is 5.06 Å². The number of amides is 2. The molecule has 152 valence electrons. The maximum Gasteiger partial charge on any atom is 0.336 e. The number of imide groups is 1. The number of halogens is 4. The van der Waals surface area contributed by atoms with Crippen molar-refractivity contribution in [1.29, 1.82) is 0 Å². The summed E-state index contributed by atoms with van der Waals surface area (Å²) in [6.45, 7) is 6.54. The van der Waals surface area contributed by atoms with Gasteiger partial charge < -0.3 is 4.84 Å². The number of carbonyl (C=O) groups excluding carboxylic acids is 3. The Labute approximate surface area is 183 Å². The smallest absolute Gasteiger partial charge is 0.329 e.